The van der Waals surface area contributed by atoms with Crippen molar-refractivity contribution in [1.29, 1.82) is 0 Å². The normalized spacial score (nSPS) is 11.2. The molecule has 2 aromatic carbocycles. The highest BCUT2D eigenvalue weighted by molar-refractivity contribution is 5.79. The van der Waals surface area contributed by atoms with Crippen LogP contribution < -0.4 is 20.1 Å². The second kappa shape index (κ2) is 12.6. The highest BCUT2D eigenvalue weighted by Crippen LogP contribution is 2.15. The highest BCUT2D eigenvalue weighted by atomic mass is 16.5. The van der Waals surface area contributed by atoms with Crippen LogP contribution in [0.2, 0.25) is 0 Å². The van der Waals surface area contributed by atoms with Crippen molar-refractivity contribution in [2.24, 2.45) is 4.99 Å². The van der Waals surface area contributed by atoms with Crippen LogP contribution in [0.5, 0.6) is 11.5 Å². The van der Waals surface area contributed by atoms with Crippen LogP contribution in [-0.2, 0) is 17.8 Å². The van der Waals surface area contributed by atoms with Crippen LogP contribution in [0.15, 0.2) is 53.5 Å². The molecule has 6 heteroatoms. The lowest BCUT2D eigenvalue weighted by Gasteiger charge is -2.12. The predicted octanol–water partition coefficient (Wildman–Crippen LogP) is 3.37. The van der Waals surface area contributed by atoms with Crippen molar-refractivity contribution in [2.45, 2.75) is 26.4 Å². The van der Waals surface area contributed by atoms with Crippen molar-refractivity contribution in [3.63, 3.8) is 0 Å². The molecule has 0 bridgehead atoms. The first-order valence-electron chi connectivity index (χ1n) is 9.61. The molecule has 0 heterocycles. The van der Waals surface area contributed by atoms with Gasteiger partial charge in [0, 0.05) is 33.2 Å². The van der Waals surface area contributed by atoms with Gasteiger partial charge in [-0.15, -0.1) is 0 Å². The fourth-order valence-corrected chi connectivity index (χ4v) is 2.61. The minimum atomic E-state index is 0.572. The number of nitrogens with one attached hydrogen (secondary N) is 2. The number of hydrogen-bond donors (Lipinski definition) is 2. The smallest absolute Gasteiger partial charge is 0.191 e. The van der Waals surface area contributed by atoms with Gasteiger partial charge in [-0.1, -0.05) is 24.3 Å². The molecule has 0 radical (unpaired) electrons. The number of benzene rings is 2. The van der Waals surface area contributed by atoms with Crippen LogP contribution in [0.4, 0.5) is 0 Å². The van der Waals surface area contributed by atoms with E-state index in [1.807, 2.05) is 36.4 Å². The Bertz CT molecular complexity index is 734. The zero-order chi connectivity index (χ0) is 20.0. The summed E-state index contributed by atoms with van der Waals surface area (Å²) < 4.78 is 16.1. The third-order valence-corrected chi connectivity index (χ3v) is 4.02. The second-order valence-electron chi connectivity index (χ2n) is 6.24. The van der Waals surface area contributed by atoms with Gasteiger partial charge in [0.1, 0.15) is 11.5 Å². The van der Waals surface area contributed by atoms with Crippen LogP contribution in [0.25, 0.3) is 0 Å². The molecule has 0 aliphatic carbocycles. The lowest BCUT2D eigenvalue weighted by atomic mass is 10.2. The molecule has 0 spiro atoms. The number of methoxy groups -OCH3 is 2. The first kappa shape index (κ1) is 21.6. The van der Waals surface area contributed by atoms with Gasteiger partial charge in [0.2, 0.25) is 0 Å². The largest absolute Gasteiger partial charge is 0.497 e. The van der Waals surface area contributed by atoms with Crippen molar-refractivity contribution < 1.29 is 14.2 Å². The van der Waals surface area contributed by atoms with E-state index in [9.17, 15) is 0 Å². The van der Waals surface area contributed by atoms with Crippen LogP contribution in [0.3, 0.4) is 0 Å². The minimum absolute atomic E-state index is 0.572. The maximum Gasteiger partial charge on any atom is 0.191 e. The molecule has 0 saturated carbocycles. The van der Waals surface area contributed by atoms with Gasteiger partial charge in [-0.3, -0.25) is 0 Å². The Morgan fingerprint density at radius 2 is 1.68 bits per heavy atom. The van der Waals surface area contributed by atoms with Gasteiger partial charge in [-0.2, -0.15) is 0 Å². The summed E-state index contributed by atoms with van der Waals surface area (Å²) in [6, 6.07) is 16.0. The molecule has 0 unspecified atom stereocenters. The number of aliphatic imine (C=N–C) groups is 1. The van der Waals surface area contributed by atoms with Crippen LogP contribution in [0.1, 0.15) is 24.5 Å². The zero-order valence-corrected chi connectivity index (χ0v) is 17.0. The van der Waals surface area contributed by atoms with Gasteiger partial charge >= 0.3 is 0 Å². The topological polar surface area (TPSA) is 64.1 Å². The Morgan fingerprint density at radius 1 is 0.929 bits per heavy atom. The van der Waals surface area contributed by atoms with E-state index < -0.39 is 0 Å². The van der Waals surface area contributed by atoms with Crippen molar-refractivity contribution >= 4 is 5.96 Å². The van der Waals surface area contributed by atoms with Crippen molar-refractivity contribution in [2.75, 3.05) is 34.0 Å². The van der Waals surface area contributed by atoms with Crippen molar-refractivity contribution in [1.82, 2.24) is 10.6 Å². The first-order chi connectivity index (χ1) is 13.7. The van der Waals surface area contributed by atoms with E-state index in [1.54, 1.807) is 14.2 Å². The second-order valence-corrected chi connectivity index (χ2v) is 6.24. The van der Waals surface area contributed by atoms with E-state index in [1.165, 1.54) is 0 Å². The van der Waals surface area contributed by atoms with E-state index in [-0.39, 0.29) is 0 Å². The number of ether oxygens (including phenoxy) is 3. The molecule has 0 saturated heterocycles. The molecule has 2 N–H and O–H groups in total. The molecule has 0 fully saturated rings. The lowest BCUT2D eigenvalue weighted by molar-refractivity contribution is 0.172. The molecular formula is C22H31N3O3. The Labute approximate surface area is 167 Å². The fraction of sp³-hybridized carbons (Fsp3) is 0.409. The van der Waals surface area contributed by atoms with Crippen molar-refractivity contribution in [3.8, 4) is 11.5 Å². The summed E-state index contributed by atoms with van der Waals surface area (Å²) in [5.74, 6) is 2.48. The van der Waals surface area contributed by atoms with Crippen LogP contribution in [0, 0.1) is 0 Å². The molecule has 2 rings (SSSR count). The maximum absolute atomic E-state index is 5.76. The first-order valence-corrected chi connectivity index (χ1v) is 9.61. The number of guanidine groups is 1. The fourth-order valence-electron chi connectivity index (χ4n) is 2.61. The van der Waals surface area contributed by atoms with E-state index in [2.05, 4.69) is 34.7 Å². The summed E-state index contributed by atoms with van der Waals surface area (Å²) in [5, 5.41) is 6.64. The average molecular weight is 386 g/mol. The Kier molecular flexibility index (Phi) is 9.72. The summed E-state index contributed by atoms with van der Waals surface area (Å²) in [5.41, 5.74) is 2.24. The molecule has 0 aromatic heterocycles. The molecule has 2 aromatic rings. The van der Waals surface area contributed by atoms with Gasteiger partial charge in [0.15, 0.2) is 5.96 Å². The Morgan fingerprint density at radius 3 is 2.43 bits per heavy atom. The molecule has 0 amide bonds. The summed E-state index contributed by atoms with van der Waals surface area (Å²) in [4.78, 5) is 4.68. The maximum atomic E-state index is 5.76. The van der Waals surface area contributed by atoms with Crippen LogP contribution in [-0.4, -0.2) is 39.9 Å². The summed E-state index contributed by atoms with van der Waals surface area (Å²) in [7, 11) is 3.37. The molecule has 0 aliphatic rings. The number of nitrogens with zero attached hydrogens (tertiary/aromatic N) is 1. The van der Waals surface area contributed by atoms with Crippen molar-refractivity contribution in [3.05, 3.63) is 59.7 Å². The standard InChI is InChI=1S/C22H31N3O3/c1-4-23-22(24-16-18-8-5-10-20(14-18)27-3)25-17-19-9-6-11-21(15-19)28-13-7-12-26-2/h5-6,8-11,14-15H,4,7,12-13,16-17H2,1-3H3,(H2,23,24,25). The molecular weight excluding hydrogens is 354 g/mol. The highest BCUT2D eigenvalue weighted by Gasteiger charge is 2.01. The summed E-state index contributed by atoms with van der Waals surface area (Å²) in [6.45, 7) is 5.44. The minimum Gasteiger partial charge on any atom is -0.497 e. The number of rotatable bonds is 11. The molecule has 0 atom stereocenters. The third-order valence-electron chi connectivity index (χ3n) is 4.02. The van der Waals surface area contributed by atoms with Gasteiger partial charge in [-0.25, -0.2) is 4.99 Å². The quantitative estimate of drug-likeness (QED) is 0.353. The lowest BCUT2D eigenvalue weighted by Crippen LogP contribution is -2.36. The predicted molar refractivity (Wildman–Crippen MR) is 113 cm³/mol. The molecule has 0 aliphatic heterocycles. The molecule has 6 nitrogen and oxygen atoms in total. The Hall–Kier alpha value is -2.73. The monoisotopic (exact) mass is 385 g/mol. The van der Waals surface area contributed by atoms with E-state index in [4.69, 9.17) is 14.2 Å². The average Bonchev–Trinajstić information content (AvgIpc) is 2.73. The van der Waals surface area contributed by atoms with E-state index in [0.717, 1.165) is 41.6 Å². The van der Waals surface area contributed by atoms with E-state index in [0.29, 0.717) is 26.3 Å². The van der Waals surface area contributed by atoms with Gasteiger partial charge < -0.3 is 24.8 Å². The number of hydrogen-bond acceptors (Lipinski definition) is 4. The van der Waals surface area contributed by atoms with E-state index >= 15 is 0 Å². The van der Waals surface area contributed by atoms with Gasteiger partial charge in [0.25, 0.3) is 0 Å². The molecule has 28 heavy (non-hydrogen) atoms. The Balaban J connectivity index is 1.92. The SMILES string of the molecule is CCNC(=NCc1cccc(OCCCOC)c1)NCc1cccc(OC)c1. The third kappa shape index (κ3) is 7.88. The van der Waals surface area contributed by atoms with Gasteiger partial charge in [-0.05, 0) is 42.3 Å². The van der Waals surface area contributed by atoms with Crippen LogP contribution >= 0.6 is 0 Å². The van der Waals surface area contributed by atoms with Gasteiger partial charge in [0.05, 0.1) is 20.3 Å². The summed E-state index contributed by atoms with van der Waals surface area (Å²) in [6.07, 6.45) is 0.873. The summed E-state index contributed by atoms with van der Waals surface area (Å²) >= 11 is 0. The molecule has 152 valence electrons. The zero-order valence-electron chi connectivity index (χ0n) is 17.0.